The Labute approximate surface area is 107 Å². The van der Waals surface area contributed by atoms with Gasteiger partial charge < -0.3 is 10.5 Å². The van der Waals surface area contributed by atoms with Crippen molar-refractivity contribution in [2.75, 3.05) is 13.2 Å². The molecule has 1 aliphatic heterocycles. The molecule has 0 bridgehead atoms. The number of carbonyl (C=O) groups is 1. The number of ether oxygens (including phenoxy) is 1. The minimum atomic E-state index is -0.362. The summed E-state index contributed by atoms with van der Waals surface area (Å²) in [5.74, 6) is -0.331. The van der Waals surface area contributed by atoms with E-state index < -0.39 is 0 Å². The molecule has 0 radical (unpaired) electrons. The van der Waals surface area contributed by atoms with Crippen molar-refractivity contribution >= 4 is 5.91 Å². The highest BCUT2D eigenvalue weighted by Crippen LogP contribution is 2.17. The molecule has 0 aromatic carbocycles. The van der Waals surface area contributed by atoms with Crippen LogP contribution in [0.3, 0.4) is 0 Å². The molecule has 2 rings (SSSR count). The van der Waals surface area contributed by atoms with E-state index in [9.17, 15) is 4.79 Å². The van der Waals surface area contributed by atoms with E-state index in [-0.39, 0.29) is 18.1 Å². The van der Waals surface area contributed by atoms with Crippen LogP contribution in [-0.4, -0.2) is 41.1 Å². The van der Waals surface area contributed by atoms with Gasteiger partial charge in [-0.05, 0) is 25.0 Å². The Morgan fingerprint density at radius 3 is 3.06 bits per heavy atom. The van der Waals surface area contributed by atoms with Gasteiger partial charge in [-0.2, -0.15) is 0 Å². The molecule has 2 heterocycles. The number of nitrogens with two attached hydrogens (primary N) is 1. The standard InChI is InChI=1S/C13H19N3O2/c1-9-5-11(7-15-6-9)8-16-3-4-18-10(2)12(16)13(14)17/h5-7,10,12H,3-4,8H2,1-2H3,(H2,14,17)/t10-,12+/m1/s1. The van der Waals surface area contributed by atoms with E-state index in [1.165, 1.54) is 0 Å². The number of nitrogens with zero attached hydrogens (tertiary/aromatic N) is 2. The second-order valence-corrected chi connectivity index (χ2v) is 4.76. The number of pyridine rings is 1. The first-order valence-corrected chi connectivity index (χ1v) is 6.13. The van der Waals surface area contributed by atoms with Crippen molar-refractivity contribution in [2.24, 2.45) is 5.73 Å². The van der Waals surface area contributed by atoms with Crippen LogP contribution in [0.2, 0.25) is 0 Å². The summed E-state index contributed by atoms with van der Waals surface area (Å²) in [7, 11) is 0. The van der Waals surface area contributed by atoms with E-state index in [0.29, 0.717) is 19.7 Å². The topological polar surface area (TPSA) is 68.5 Å². The smallest absolute Gasteiger partial charge is 0.237 e. The second-order valence-electron chi connectivity index (χ2n) is 4.76. The molecule has 98 valence electrons. The van der Waals surface area contributed by atoms with E-state index in [0.717, 1.165) is 11.1 Å². The zero-order chi connectivity index (χ0) is 13.1. The Morgan fingerprint density at radius 2 is 2.39 bits per heavy atom. The first kappa shape index (κ1) is 13.0. The summed E-state index contributed by atoms with van der Waals surface area (Å²) >= 11 is 0. The van der Waals surface area contributed by atoms with Crippen LogP contribution in [-0.2, 0) is 16.1 Å². The first-order chi connectivity index (χ1) is 8.58. The molecule has 0 spiro atoms. The summed E-state index contributed by atoms with van der Waals surface area (Å²) < 4.78 is 5.49. The summed E-state index contributed by atoms with van der Waals surface area (Å²) in [6.45, 7) is 5.91. The number of rotatable bonds is 3. The third-order valence-corrected chi connectivity index (χ3v) is 3.21. The van der Waals surface area contributed by atoms with Gasteiger partial charge in [0, 0.05) is 25.5 Å². The summed E-state index contributed by atoms with van der Waals surface area (Å²) in [5.41, 5.74) is 7.66. The van der Waals surface area contributed by atoms with Gasteiger partial charge in [0.1, 0.15) is 6.04 Å². The molecular formula is C13H19N3O2. The van der Waals surface area contributed by atoms with Gasteiger partial charge in [-0.1, -0.05) is 6.07 Å². The molecule has 1 fully saturated rings. The van der Waals surface area contributed by atoms with E-state index in [4.69, 9.17) is 10.5 Å². The lowest BCUT2D eigenvalue weighted by Crippen LogP contribution is -2.56. The van der Waals surface area contributed by atoms with Crippen molar-refractivity contribution in [2.45, 2.75) is 32.5 Å². The van der Waals surface area contributed by atoms with Gasteiger partial charge in [-0.25, -0.2) is 0 Å². The molecule has 0 aliphatic carbocycles. The van der Waals surface area contributed by atoms with Crippen molar-refractivity contribution in [3.05, 3.63) is 29.6 Å². The van der Waals surface area contributed by atoms with Gasteiger partial charge in [0.25, 0.3) is 0 Å². The van der Waals surface area contributed by atoms with Crippen LogP contribution < -0.4 is 5.73 Å². The highest BCUT2D eigenvalue weighted by atomic mass is 16.5. The predicted octanol–water partition coefficient (Wildman–Crippen LogP) is 0.465. The van der Waals surface area contributed by atoms with Gasteiger partial charge in [0.15, 0.2) is 0 Å². The van der Waals surface area contributed by atoms with Crippen LogP contribution >= 0.6 is 0 Å². The van der Waals surface area contributed by atoms with Crippen molar-refractivity contribution in [3.63, 3.8) is 0 Å². The number of carbonyl (C=O) groups excluding carboxylic acids is 1. The van der Waals surface area contributed by atoms with Crippen LogP contribution in [0.5, 0.6) is 0 Å². The first-order valence-electron chi connectivity index (χ1n) is 6.13. The lowest BCUT2D eigenvalue weighted by Gasteiger charge is -2.37. The molecular weight excluding hydrogens is 230 g/mol. The Morgan fingerprint density at radius 1 is 1.61 bits per heavy atom. The van der Waals surface area contributed by atoms with Crippen molar-refractivity contribution < 1.29 is 9.53 Å². The van der Waals surface area contributed by atoms with E-state index in [2.05, 4.69) is 16.0 Å². The molecule has 1 aliphatic rings. The molecule has 1 aromatic rings. The predicted molar refractivity (Wildman–Crippen MR) is 67.8 cm³/mol. The molecule has 0 saturated carbocycles. The number of hydrogen-bond acceptors (Lipinski definition) is 4. The highest BCUT2D eigenvalue weighted by molar-refractivity contribution is 5.80. The monoisotopic (exact) mass is 249 g/mol. The molecule has 2 atom stereocenters. The molecule has 0 unspecified atom stereocenters. The fourth-order valence-corrected chi connectivity index (χ4v) is 2.41. The number of amides is 1. The van der Waals surface area contributed by atoms with E-state index in [1.54, 1.807) is 0 Å². The fourth-order valence-electron chi connectivity index (χ4n) is 2.41. The second kappa shape index (κ2) is 5.46. The molecule has 5 heteroatoms. The largest absolute Gasteiger partial charge is 0.375 e. The lowest BCUT2D eigenvalue weighted by molar-refractivity contribution is -0.136. The van der Waals surface area contributed by atoms with Crippen molar-refractivity contribution in [3.8, 4) is 0 Å². The van der Waals surface area contributed by atoms with E-state index in [1.807, 2.05) is 26.2 Å². The number of morpholine rings is 1. The maximum Gasteiger partial charge on any atom is 0.237 e. The third-order valence-electron chi connectivity index (χ3n) is 3.21. The fraction of sp³-hybridized carbons (Fsp3) is 0.538. The molecule has 1 saturated heterocycles. The Balaban J connectivity index is 2.13. The molecule has 18 heavy (non-hydrogen) atoms. The summed E-state index contributed by atoms with van der Waals surface area (Å²) in [4.78, 5) is 17.7. The summed E-state index contributed by atoms with van der Waals surface area (Å²) in [6.07, 6.45) is 3.48. The Hall–Kier alpha value is -1.46. The number of aryl methyl sites for hydroxylation is 1. The number of primary amides is 1. The van der Waals surface area contributed by atoms with Gasteiger partial charge in [-0.15, -0.1) is 0 Å². The van der Waals surface area contributed by atoms with Gasteiger partial charge >= 0.3 is 0 Å². The minimum Gasteiger partial charge on any atom is -0.375 e. The highest BCUT2D eigenvalue weighted by Gasteiger charge is 2.33. The molecule has 2 N–H and O–H groups in total. The summed E-state index contributed by atoms with van der Waals surface area (Å²) in [6, 6.07) is 1.71. The van der Waals surface area contributed by atoms with Crippen molar-refractivity contribution in [1.29, 1.82) is 0 Å². The maximum atomic E-state index is 11.5. The number of hydrogen-bond donors (Lipinski definition) is 1. The molecule has 1 amide bonds. The third kappa shape index (κ3) is 2.86. The minimum absolute atomic E-state index is 0.158. The van der Waals surface area contributed by atoms with Gasteiger partial charge in [-0.3, -0.25) is 14.7 Å². The Bertz CT molecular complexity index is 436. The zero-order valence-electron chi connectivity index (χ0n) is 10.8. The van der Waals surface area contributed by atoms with Crippen molar-refractivity contribution in [1.82, 2.24) is 9.88 Å². The zero-order valence-corrected chi connectivity index (χ0v) is 10.8. The molecule has 5 nitrogen and oxygen atoms in total. The van der Waals surface area contributed by atoms with Crippen LogP contribution in [0.1, 0.15) is 18.1 Å². The lowest BCUT2D eigenvalue weighted by atomic mass is 10.1. The van der Waals surface area contributed by atoms with Gasteiger partial charge in [0.05, 0.1) is 12.7 Å². The average Bonchev–Trinajstić information content (AvgIpc) is 2.28. The average molecular weight is 249 g/mol. The van der Waals surface area contributed by atoms with Crippen LogP contribution in [0.25, 0.3) is 0 Å². The SMILES string of the molecule is Cc1cncc(CN2CCO[C@H](C)[C@H]2C(N)=O)c1. The van der Waals surface area contributed by atoms with Crippen LogP contribution in [0.4, 0.5) is 0 Å². The van der Waals surface area contributed by atoms with Crippen LogP contribution in [0.15, 0.2) is 18.5 Å². The normalized spacial score (nSPS) is 25.0. The quantitative estimate of drug-likeness (QED) is 0.845. The van der Waals surface area contributed by atoms with E-state index >= 15 is 0 Å². The maximum absolute atomic E-state index is 11.5. The van der Waals surface area contributed by atoms with Crippen LogP contribution in [0, 0.1) is 6.92 Å². The Kier molecular flexibility index (Phi) is 3.93. The molecule has 1 aromatic heterocycles. The van der Waals surface area contributed by atoms with Gasteiger partial charge in [0.2, 0.25) is 5.91 Å². The summed E-state index contributed by atoms with van der Waals surface area (Å²) in [5, 5.41) is 0. The number of aromatic nitrogens is 1.